The van der Waals surface area contributed by atoms with Crippen LogP contribution in [0.2, 0.25) is 0 Å². The van der Waals surface area contributed by atoms with Crippen LogP contribution in [0.3, 0.4) is 0 Å². The molecular weight excluding hydrogens is 212 g/mol. The van der Waals surface area contributed by atoms with Gasteiger partial charge in [-0.2, -0.15) is 0 Å². The molecule has 0 amide bonds. The lowest BCUT2D eigenvalue weighted by atomic mass is 10.0. The average Bonchev–Trinajstić information content (AvgIpc) is 2.30. The van der Waals surface area contributed by atoms with Crippen LogP contribution in [0.4, 0.5) is 0 Å². The van der Waals surface area contributed by atoms with E-state index in [1.165, 1.54) is 0 Å². The van der Waals surface area contributed by atoms with E-state index < -0.39 is 0 Å². The standard InChI is InChI=1S/C15H18O2/c1-4-7-12-9-13(8-5-2)11-14(10-12)15(16)17-6-3/h4-5,9-11H,1-2,6-8H2,3H3. The Morgan fingerprint density at radius 3 is 2.12 bits per heavy atom. The van der Waals surface area contributed by atoms with Crippen molar-refractivity contribution >= 4 is 5.97 Å². The number of esters is 1. The smallest absolute Gasteiger partial charge is 0.338 e. The molecule has 1 aromatic rings. The van der Waals surface area contributed by atoms with Crippen LogP contribution in [0.25, 0.3) is 0 Å². The molecule has 0 aromatic heterocycles. The van der Waals surface area contributed by atoms with Gasteiger partial charge in [-0.25, -0.2) is 4.79 Å². The fraction of sp³-hybridized carbons (Fsp3) is 0.267. The first-order valence-electron chi connectivity index (χ1n) is 5.73. The molecule has 90 valence electrons. The first kappa shape index (κ1) is 13.2. The number of carbonyl (C=O) groups is 1. The normalized spacial score (nSPS) is 9.71. The minimum Gasteiger partial charge on any atom is -0.462 e. The summed E-state index contributed by atoms with van der Waals surface area (Å²) in [6, 6.07) is 5.77. The van der Waals surface area contributed by atoms with Crippen LogP contribution >= 0.6 is 0 Å². The molecule has 0 aliphatic rings. The van der Waals surface area contributed by atoms with Crippen molar-refractivity contribution in [2.24, 2.45) is 0 Å². The van der Waals surface area contributed by atoms with E-state index >= 15 is 0 Å². The third kappa shape index (κ3) is 3.91. The maximum atomic E-state index is 11.7. The Bertz CT molecular complexity index is 391. The van der Waals surface area contributed by atoms with Crippen molar-refractivity contribution in [1.82, 2.24) is 0 Å². The number of hydrogen-bond acceptors (Lipinski definition) is 2. The van der Waals surface area contributed by atoms with Crippen LogP contribution in [0.15, 0.2) is 43.5 Å². The van der Waals surface area contributed by atoms with E-state index in [-0.39, 0.29) is 5.97 Å². The lowest BCUT2D eigenvalue weighted by molar-refractivity contribution is 0.0526. The molecular formula is C15H18O2. The highest BCUT2D eigenvalue weighted by molar-refractivity contribution is 5.89. The molecule has 0 bridgehead atoms. The molecule has 0 saturated heterocycles. The molecule has 0 atom stereocenters. The van der Waals surface area contributed by atoms with Gasteiger partial charge >= 0.3 is 5.97 Å². The van der Waals surface area contributed by atoms with Crippen molar-refractivity contribution in [3.63, 3.8) is 0 Å². The van der Waals surface area contributed by atoms with Gasteiger partial charge in [0.1, 0.15) is 0 Å². The van der Waals surface area contributed by atoms with E-state index in [4.69, 9.17) is 4.74 Å². The van der Waals surface area contributed by atoms with Crippen LogP contribution in [0.5, 0.6) is 0 Å². The predicted octanol–water partition coefficient (Wildman–Crippen LogP) is 3.32. The highest BCUT2D eigenvalue weighted by Gasteiger charge is 2.08. The zero-order valence-corrected chi connectivity index (χ0v) is 10.2. The van der Waals surface area contributed by atoms with Crippen molar-refractivity contribution < 1.29 is 9.53 Å². The molecule has 0 N–H and O–H groups in total. The number of hydrogen-bond donors (Lipinski definition) is 0. The van der Waals surface area contributed by atoms with Crippen LogP contribution in [-0.2, 0) is 17.6 Å². The van der Waals surface area contributed by atoms with Crippen molar-refractivity contribution in [2.75, 3.05) is 6.61 Å². The Hall–Kier alpha value is -1.83. The second-order valence-electron chi connectivity index (χ2n) is 3.74. The van der Waals surface area contributed by atoms with E-state index in [1.807, 2.05) is 24.3 Å². The summed E-state index contributed by atoms with van der Waals surface area (Å²) in [6.07, 6.45) is 5.14. The topological polar surface area (TPSA) is 26.3 Å². The quantitative estimate of drug-likeness (QED) is 0.553. The van der Waals surface area contributed by atoms with Crippen molar-refractivity contribution in [1.29, 1.82) is 0 Å². The summed E-state index contributed by atoms with van der Waals surface area (Å²) in [5, 5.41) is 0. The van der Waals surface area contributed by atoms with Gasteiger partial charge in [-0.1, -0.05) is 18.2 Å². The molecule has 1 rings (SSSR count). The van der Waals surface area contributed by atoms with E-state index in [2.05, 4.69) is 19.2 Å². The number of ether oxygens (including phenoxy) is 1. The van der Waals surface area contributed by atoms with Gasteiger partial charge in [0.15, 0.2) is 0 Å². The third-order valence-corrected chi connectivity index (χ3v) is 2.32. The van der Waals surface area contributed by atoms with E-state index in [9.17, 15) is 4.79 Å². The molecule has 1 aromatic carbocycles. The summed E-state index contributed by atoms with van der Waals surface area (Å²) in [4.78, 5) is 11.7. The maximum absolute atomic E-state index is 11.7. The lowest BCUT2D eigenvalue weighted by Crippen LogP contribution is -2.06. The molecule has 2 heteroatoms. The fourth-order valence-corrected chi connectivity index (χ4v) is 1.66. The third-order valence-electron chi connectivity index (χ3n) is 2.32. The Morgan fingerprint density at radius 1 is 1.18 bits per heavy atom. The Labute approximate surface area is 103 Å². The highest BCUT2D eigenvalue weighted by atomic mass is 16.5. The molecule has 0 aliphatic heterocycles. The molecule has 0 saturated carbocycles. The summed E-state index contributed by atoms with van der Waals surface area (Å²) in [5.74, 6) is -0.274. The molecule has 0 spiro atoms. The van der Waals surface area contributed by atoms with Gasteiger partial charge in [0.25, 0.3) is 0 Å². The van der Waals surface area contributed by atoms with Crippen LogP contribution in [0.1, 0.15) is 28.4 Å². The van der Waals surface area contributed by atoms with Gasteiger partial charge < -0.3 is 4.74 Å². The largest absolute Gasteiger partial charge is 0.462 e. The van der Waals surface area contributed by atoms with E-state index in [0.717, 1.165) is 24.0 Å². The average molecular weight is 230 g/mol. The van der Waals surface area contributed by atoms with E-state index in [1.54, 1.807) is 6.92 Å². The Kier molecular flexibility index (Phi) is 5.21. The van der Waals surface area contributed by atoms with Gasteiger partial charge in [0.05, 0.1) is 12.2 Å². The number of benzene rings is 1. The van der Waals surface area contributed by atoms with E-state index in [0.29, 0.717) is 12.2 Å². The first-order valence-corrected chi connectivity index (χ1v) is 5.73. The molecule has 0 heterocycles. The van der Waals surface area contributed by atoms with Gasteiger partial charge in [-0.3, -0.25) is 0 Å². The number of allylic oxidation sites excluding steroid dienone is 2. The minimum absolute atomic E-state index is 0.274. The second-order valence-corrected chi connectivity index (χ2v) is 3.74. The number of rotatable bonds is 6. The second kappa shape index (κ2) is 6.69. The lowest BCUT2D eigenvalue weighted by Gasteiger charge is -2.07. The summed E-state index contributed by atoms with van der Waals surface area (Å²) in [5.41, 5.74) is 2.74. The fourth-order valence-electron chi connectivity index (χ4n) is 1.66. The van der Waals surface area contributed by atoms with Gasteiger partial charge in [0, 0.05) is 0 Å². The first-order chi connectivity index (χ1) is 8.21. The van der Waals surface area contributed by atoms with Crippen LogP contribution in [-0.4, -0.2) is 12.6 Å². The van der Waals surface area contributed by atoms with Gasteiger partial charge in [-0.15, -0.1) is 13.2 Å². The summed E-state index contributed by atoms with van der Waals surface area (Å²) >= 11 is 0. The SMILES string of the molecule is C=CCc1cc(CC=C)cc(C(=O)OCC)c1. The van der Waals surface area contributed by atoms with Crippen LogP contribution < -0.4 is 0 Å². The zero-order chi connectivity index (χ0) is 12.7. The maximum Gasteiger partial charge on any atom is 0.338 e. The molecule has 0 unspecified atom stereocenters. The molecule has 17 heavy (non-hydrogen) atoms. The Morgan fingerprint density at radius 2 is 1.71 bits per heavy atom. The molecule has 2 nitrogen and oxygen atoms in total. The van der Waals surface area contributed by atoms with Gasteiger partial charge in [0.2, 0.25) is 0 Å². The summed E-state index contributed by atoms with van der Waals surface area (Å²) in [6.45, 7) is 9.60. The minimum atomic E-state index is -0.274. The highest BCUT2D eigenvalue weighted by Crippen LogP contribution is 2.13. The zero-order valence-electron chi connectivity index (χ0n) is 10.2. The molecule has 0 aliphatic carbocycles. The van der Waals surface area contributed by atoms with Crippen molar-refractivity contribution in [2.45, 2.75) is 19.8 Å². The van der Waals surface area contributed by atoms with Gasteiger partial charge in [-0.05, 0) is 43.0 Å². The summed E-state index contributed by atoms with van der Waals surface area (Å²) < 4.78 is 5.00. The van der Waals surface area contributed by atoms with Crippen LogP contribution in [0, 0.1) is 0 Å². The number of carbonyl (C=O) groups excluding carboxylic acids is 1. The van der Waals surface area contributed by atoms with Crippen molar-refractivity contribution in [3.8, 4) is 0 Å². The molecule has 0 radical (unpaired) electrons. The summed E-state index contributed by atoms with van der Waals surface area (Å²) in [7, 11) is 0. The monoisotopic (exact) mass is 230 g/mol. The van der Waals surface area contributed by atoms with Crippen molar-refractivity contribution in [3.05, 3.63) is 60.2 Å². The Balaban J connectivity index is 3.06. The predicted molar refractivity (Wildman–Crippen MR) is 70.2 cm³/mol. The molecule has 0 fully saturated rings.